The minimum atomic E-state index is -1.08. The van der Waals surface area contributed by atoms with Gasteiger partial charge < -0.3 is 19.8 Å². The first kappa shape index (κ1) is 23.8. The smallest absolute Gasteiger partial charge is 0.131 e. The number of nitrogens with zero attached hydrogens (tertiary/aromatic N) is 2. The number of carbonyl (C=O) groups excluding carboxylic acids is 2. The minimum Gasteiger partial charge on any atom is -0.550 e. The van der Waals surface area contributed by atoms with E-state index >= 15 is 0 Å². The van der Waals surface area contributed by atoms with Gasteiger partial charge in [-0.05, 0) is 13.8 Å². The van der Waals surface area contributed by atoms with Crippen LogP contribution in [0.4, 0.5) is 0 Å². The third-order valence-corrected chi connectivity index (χ3v) is 0. The van der Waals surface area contributed by atoms with Crippen LogP contribution < -0.4 is 10.2 Å². The van der Waals surface area contributed by atoms with Gasteiger partial charge in [0.25, 0.3) is 0 Å². The Morgan fingerprint density at radius 2 is 0.812 bits per heavy atom. The molecule has 0 aromatic rings. The van der Waals surface area contributed by atoms with Gasteiger partial charge in [-0.1, -0.05) is 0 Å². The molecule has 0 bridgehead atoms. The lowest BCUT2D eigenvalue weighted by atomic mass is 10.9. The Kier molecular flexibility index (Phi) is 28.2. The Morgan fingerprint density at radius 3 is 0.812 bits per heavy atom. The second kappa shape index (κ2) is 18.9. The highest BCUT2D eigenvalue weighted by molar-refractivity contribution is 5.60. The maximum atomic E-state index is 8.89. The van der Waals surface area contributed by atoms with E-state index in [-0.39, 0.29) is 0 Å². The van der Waals surface area contributed by atoms with Gasteiger partial charge in [0, 0.05) is 11.9 Å². The monoisotopic (exact) mass is 234 g/mol. The van der Waals surface area contributed by atoms with Gasteiger partial charge in [0.15, 0.2) is 0 Å². The Balaban J connectivity index is -0.0000000600. The zero-order chi connectivity index (χ0) is 14.3. The van der Waals surface area contributed by atoms with E-state index in [4.69, 9.17) is 19.8 Å². The van der Waals surface area contributed by atoms with Crippen LogP contribution in [-0.4, -0.2) is 62.7 Å². The van der Waals surface area contributed by atoms with Crippen molar-refractivity contribution in [3.8, 4) is 0 Å². The maximum Gasteiger partial charge on any atom is 0.131 e. The lowest BCUT2D eigenvalue weighted by molar-refractivity contribution is -0.454. The highest BCUT2D eigenvalue weighted by Gasteiger charge is 1.54. The highest BCUT2D eigenvalue weighted by atomic mass is 16.4. The second-order valence-electron chi connectivity index (χ2n) is 3.14. The number of carbonyl (C=O) groups is 2. The van der Waals surface area contributed by atoms with Crippen LogP contribution in [-0.2, 0) is 9.59 Å². The molecular weight excluding hydrogens is 212 g/mol. The summed E-state index contributed by atoms with van der Waals surface area (Å²) in [7, 11) is 7.56. The lowest BCUT2D eigenvalue weighted by Crippen LogP contribution is -2.16. The van der Waals surface area contributed by atoms with Crippen LogP contribution in [0.2, 0.25) is 0 Å². The molecule has 6 heteroatoms. The van der Waals surface area contributed by atoms with Crippen LogP contribution in [0, 0.1) is 0 Å². The third-order valence-electron chi connectivity index (χ3n) is 0. The first-order chi connectivity index (χ1) is 6.93. The fraction of sp³-hybridized carbons (Fsp3) is 0.600. The van der Waals surface area contributed by atoms with Crippen molar-refractivity contribution >= 4 is 25.4 Å². The van der Waals surface area contributed by atoms with Crippen LogP contribution in [0.25, 0.3) is 0 Å². The predicted octanol–water partition coefficient (Wildman–Crippen LogP) is -2.57. The molecule has 96 valence electrons. The van der Waals surface area contributed by atoms with Crippen molar-refractivity contribution in [2.75, 3.05) is 28.2 Å². The van der Waals surface area contributed by atoms with Gasteiger partial charge in [-0.2, -0.15) is 0 Å². The molecule has 0 heterocycles. The molecule has 0 aliphatic rings. The molecule has 0 N–H and O–H groups in total. The molecule has 0 saturated heterocycles. The van der Waals surface area contributed by atoms with Gasteiger partial charge in [-0.15, -0.1) is 0 Å². The summed E-state index contributed by atoms with van der Waals surface area (Å²) in [5, 5.41) is 17.8. The highest BCUT2D eigenvalue weighted by Crippen LogP contribution is 1.32. The van der Waals surface area contributed by atoms with Gasteiger partial charge >= 0.3 is 0 Å². The van der Waals surface area contributed by atoms with E-state index in [1.165, 1.54) is 0 Å². The van der Waals surface area contributed by atoms with E-state index in [0.717, 1.165) is 13.8 Å². The average molecular weight is 234 g/mol. The molecular formula is C10H22N2O4. The largest absolute Gasteiger partial charge is 0.550 e. The van der Waals surface area contributed by atoms with Crippen LogP contribution in [0.1, 0.15) is 13.8 Å². The van der Waals surface area contributed by atoms with Crippen molar-refractivity contribution < 1.29 is 29.0 Å². The number of aliphatic carboxylic acids is 2. The molecule has 0 aliphatic heterocycles. The standard InChI is InChI=1S/2C3H8N.2C2H4O2/c2*1-4(2)3;2*1-2(3)4/h2*1H2,2-3H3;2*1H3,(H,3,4)/q2*+1;;/p-2. The summed E-state index contributed by atoms with van der Waals surface area (Å²) >= 11 is 0. The van der Waals surface area contributed by atoms with Crippen molar-refractivity contribution in [1.29, 1.82) is 0 Å². The number of hydrogen-bond acceptors (Lipinski definition) is 4. The molecule has 0 spiro atoms. The summed E-state index contributed by atoms with van der Waals surface area (Å²) in [5.74, 6) is -2.17. The van der Waals surface area contributed by atoms with E-state index in [1.54, 1.807) is 9.15 Å². The molecule has 6 nitrogen and oxygen atoms in total. The van der Waals surface area contributed by atoms with Gasteiger partial charge in [0.2, 0.25) is 0 Å². The first-order valence-corrected chi connectivity index (χ1v) is 4.24. The molecule has 0 amide bonds. The molecule has 0 rings (SSSR count). The van der Waals surface area contributed by atoms with Gasteiger partial charge in [0.1, 0.15) is 41.6 Å². The number of rotatable bonds is 0. The quantitative estimate of drug-likeness (QED) is 0.340. The van der Waals surface area contributed by atoms with Crippen molar-refractivity contribution in [3.63, 3.8) is 0 Å². The van der Waals surface area contributed by atoms with E-state index in [2.05, 4.69) is 13.4 Å². The lowest BCUT2D eigenvalue weighted by Gasteiger charge is -1.77. The van der Waals surface area contributed by atoms with Gasteiger partial charge in [0.05, 0.1) is 0 Å². The molecule has 0 atom stereocenters. The van der Waals surface area contributed by atoms with E-state index in [9.17, 15) is 0 Å². The zero-order valence-electron chi connectivity index (χ0n) is 10.9. The summed E-state index contributed by atoms with van der Waals surface area (Å²) in [6, 6.07) is 0. The second-order valence-corrected chi connectivity index (χ2v) is 3.14. The summed E-state index contributed by atoms with van der Waals surface area (Å²) in [6.07, 6.45) is 0. The molecule has 0 saturated carbocycles. The zero-order valence-corrected chi connectivity index (χ0v) is 10.9. The molecule has 0 aromatic heterocycles. The number of carboxylic acid groups (broad SMARTS) is 2. The summed E-state index contributed by atoms with van der Waals surface area (Å²) in [5.41, 5.74) is 0. The Morgan fingerprint density at radius 1 is 0.812 bits per heavy atom. The Hall–Kier alpha value is -1.72. The molecule has 0 unspecified atom stereocenters. The third kappa shape index (κ3) is 528. The van der Waals surface area contributed by atoms with Gasteiger partial charge in [-0.3, -0.25) is 0 Å². The van der Waals surface area contributed by atoms with Crippen molar-refractivity contribution in [1.82, 2.24) is 0 Å². The SMILES string of the molecule is C=[N+](C)C.C=[N+](C)C.CC(=O)[O-].CC(=O)[O-]. The molecule has 0 aromatic carbocycles. The Labute approximate surface area is 97.2 Å². The summed E-state index contributed by atoms with van der Waals surface area (Å²) in [4.78, 5) is 17.8. The molecule has 0 aliphatic carbocycles. The Bertz CT molecular complexity index is 161. The van der Waals surface area contributed by atoms with Gasteiger partial charge in [-0.25, -0.2) is 9.15 Å². The van der Waals surface area contributed by atoms with E-state index < -0.39 is 11.9 Å². The van der Waals surface area contributed by atoms with Crippen LogP contribution in [0.15, 0.2) is 0 Å². The predicted molar refractivity (Wildman–Crippen MR) is 59.8 cm³/mol. The normalized spacial score (nSPS) is 6.38. The van der Waals surface area contributed by atoms with Crippen molar-refractivity contribution in [2.45, 2.75) is 13.8 Å². The maximum absolute atomic E-state index is 8.89. The van der Waals surface area contributed by atoms with Crippen LogP contribution in [0.3, 0.4) is 0 Å². The average Bonchev–Trinajstić information content (AvgIpc) is 1.76. The molecule has 16 heavy (non-hydrogen) atoms. The number of hydrogen-bond donors (Lipinski definition) is 0. The first-order valence-electron chi connectivity index (χ1n) is 4.24. The van der Waals surface area contributed by atoms with Crippen LogP contribution in [0.5, 0.6) is 0 Å². The fourth-order valence-electron chi connectivity index (χ4n) is 0. The minimum absolute atomic E-state index is 0.972. The van der Waals surface area contributed by atoms with E-state index in [0.29, 0.717) is 0 Å². The van der Waals surface area contributed by atoms with Crippen LogP contribution >= 0.6 is 0 Å². The summed E-state index contributed by atoms with van der Waals surface area (Å²) < 4.78 is 3.50. The topological polar surface area (TPSA) is 86.3 Å². The number of carboxylic acids is 2. The summed E-state index contributed by atoms with van der Waals surface area (Å²) in [6.45, 7) is 8.89. The van der Waals surface area contributed by atoms with E-state index in [1.807, 2.05) is 28.2 Å². The van der Waals surface area contributed by atoms with Crippen molar-refractivity contribution in [3.05, 3.63) is 0 Å². The molecule has 0 fully saturated rings. The fourth-order valence-corrected chi connectivity index (χ4v) is 0. The molecule has 0 radical (unpaired) electrons. The van der Waals surface area contributed by atoms with Crippen molar-refractivity contribution in [2.24, 2.45) is 0 Å².